The second kappa shape index (κ2) is 4.75. The number of nitrogens with zero attached hydrogens (tertiary/aromatic N) is 2. The summed E-state index contributed by atoms with van der Waals surface area (Å²) in [6.07, 6.45) is 2.22. The number of hydrogen-bond acceptors (Lipinski definition) is 3. The number of likely N-dealkylation sites (N-methyl/N-ethyl adjacent to an activating group) is 1. The van der Waals surface area contributed by atoms with Gasteiger partial charge in [0.1, 0.15) is 0 Å². The van der Waals surface area contributed by atoms with E-state index in [2.05, 4.69) is 4.90 Å². The lowest BCUT2D eigenvalue weighted by Crippen LogP contribution is -2.47. The molecule has 0 aromatic carbocycles. The van der Waals surface area contributed by atoms with E-state index in [0.29, 0.717) is 6.04 Å². The summed E-state index contributed by atoms with van der Waals surface area (Å²) >= 11 is 0. The van der Waals surface area contributed by atoms with E-state index >= 15 is 0 Å². The van der Waals surface area contributed by atoms with E-state index in [0.717, 1.165) is 25.9 Å². The minimum atomic E-state index is -0.363. The van der Waals surface area contributed by atoms with Gasteiger partial charge in [0.15, 0.2) is 0 Å². The summed E-state index contributed by atoms with van der Waals surface area (Å²) in [4.78, 5) is 15.8. The third kappa shape index (κ3) is 2.69. The molecule has 82 valence electrons. The molecule has 0 saturated carbocycles. The molecule has 2 atom stereocenters. The molecule has 0 bridgehead atoms. The first-order valence-corrected chi connectivity index (χ1v) is 5.23. The lowest BCUT2D eigenvalue weighted by Gasteiger charge is -2.28. The van der Waals surface area contributed by atoms with Crippen molar-refractivity contribution in [3.05, 3.63) is 0 Å². The molecule has 0 aliphatic carbocycles. The van der Waals surface area contributed by atoms with Crippen LogP contribution in [0.1, 0.15) is 19.8 Å². The summed E-state index contributed by atoms with van der Waals surface area (Å²) in [6, 6.07) is 0.00117. The van der Waals surface area contributed by atoms with Crippen LogP contribution in [0.4, 0.5) is 0 Å². The maximum Gasteiger partial charge on any atom is 0.239 e. The first-order chi connectivity index (χ1) is 6.52. The molecule has 1 fully saturated rings. The molecule has 1 unspecified atom stereocenters. The number of rotatable bonds is 3. The summed E-state index contributed by atoms with van der Waals surface area (Å²) in [7, 11) is 4.07. The molecule has 0 spiro atoms. The predicted molar refractivity (Wildman–Crippen MR) is 56.9 cm³/mol. The normalized spacial score (nSPS) is 24.4. The average Bonchev–Trinajstić information content (AvgIpc) is 2.49. The fourth-order valence-electron chi connectivity index (χ4n) is 2.00. The molecule has 4 nitrogen and oxygen atoms in total. The monoisotopic (exact) mass is 199 g/mol. The van der Waals surface area contributed by atoms with Crippen molar-refractivity contribution in [3.8, 4) is 0 Å². The second-order valence-corrected chi connectivity index (χ2v) is 4.38. The van der Waals surface area contributed by atoms with E-state index in [1.54, 1.807) is 6.92 Å². The number of carbonyl (C=O) groups is 1. The van der Waals surface area contributed by atoms with Crippen molar-refractivity contribution in [2.24, 2.45) is 5.73 Å². The molecule has 1 aliphatic rings. The summed E-state index contributed by atoms with van der Waals surface area (Å²) in [6.45, 7) is 3.57. The van der Waals surface area contributed by atoms with Gasteiger partial charge in [-0.25, -0.2) is 0 Å². The largest absolute Gasteiger partial charge is 0.337 e. The van der Waals surface area contributed by atoms with E-state index in [9.17, 15) is 4.79 Å². The number of nitrogens with two attached hydrogens (primary N) is 1. The number of hydrogen-bond donors (Lipinski definition) is 1. The van der Waals surface area contributed by atoms with Gasteiger partial charge in [-0.15, -0.1) is 0 Å². The Morgan fingerprint density at radius 3 is 2.79 bits per heavy atom. The molecule has 1 amide bonds. The van der Waals surface area contributed by atoms with Crippen LogP contribution in [0, 0.1) is 0 Å². The van der Waals surface area contributed by atoms with E-state index in [-0.39, 0.29) is 11.9 Å². The minimum absolute atomic E-state index is 0.0920. The zero-order chi connectivity index (χ0) is 10.7. The van der Waals surface area contributed by atoms with Gasteiger partial charge in [-0.05, 0) is 33.9 Å². The van der Waals surface area contributed by atoms with E-state index < -0.39 is 0 Å². The van der Waals surface area contributed by atoms with E-state index in [1.807, 2.05) is 19.0 Å². The molecule has 0 aromatic rings. The third-order valence-electron chi connectivity index (χ3n) is 2.63. The number of amides is 1. The van der Waals surface area contributed by atoms with Crippen LogP contribution in [0.15, 0.2) is 0 Å². The van der Waals surface area contributed by atoms with Gasteiger partial charge in [0, 0.05) is 19.1 Å². The molecule has 0 radical (unpaired) electrons. The Labute approximate surface area is 86.0 Å². The standard InChI is InChI=1S/C10H21N3O/c1-8(11)10(14)13-6-4-5-9(13)7-12(2)3/h8-9H,4-7,11H2,1-3H3/t8?,9-/m0/s1. The van der Waals surface area contributed by atoms with Crippen molar-refractivity contribution in [1.82, 2.24) is 9.80 Å². The number of carbonyl (C=O) groups excluding carboxylic acids is 1. The van der Waals surface area contributed by atoms with Crippen LogP contribution >= 0.6 is 0 Å². The van der Waals surface area contributed by atoms with Gasteiger partial charge in [0.05, 0.1) is 6.04 Å². The first-order valence-electron chi connectivity index (χ1n) is 5.23. The number of likely N-dealkylation sites (tertiary alicyclic amines) is 1. The maximum absolute atomic E-state index is 11.7. The summed E-state index contributed by atoms with van der Waals surface area (Å²) in [5.41, 5.74) is 5.60. The Hall–Kier alpha value is -0.610. The first kappa shape index (κ1) is 11.5. The quantitative estimate of drug-likeness (QED) is 0.690. The van der Waals surface area contributed by atoms with Gasteiger partial charge >= 0.3 is 0 Å². The molecule has 1 saturated heterocycles. The van der Waals surface area contributed by atoms with Gasteiger partial charge in [-0.3, -0.25) is 4.79 Å². The summed E-state index contributed by atoms with van der Waals surface area (Å²) in [5.74, 6) is 0.0920. The Bertz CT molecular complexity index is 204. The van der Waals surface area contributed by atoms with E-state index in [1.165, 1.54) is 0 Å². The highest BCUT2D eigenvalue weighted by Crippen LogP contribution is 2.18. The van der Waals surface area contributed by atoms with Gasteiger partial charge in [0.25, 0.3) is 0 Å². The van der Waals surface area contributed by atoms with Crippen LogP contribution in [-0.2, 0) is 4.79 Å². The Morgan fingerprint density at radius 2 is 2.29 bits per heavy atom. The smallest absolute Gasteiger partial charge is 0.239 e. The zero-order valence-electron chi connectivity index (χ0n) is 9.36. The van der Waals surface area contributed by atoms with Crippen LogP contribution in [0.3, 0.4) is 0 Å². The predicted octanol–water partition coefficient (Wildman–Crippen LogP) is -0.114. The van der Waals surface area contributed by atoms with Crippen LogP contribution in [0.2, 0.25) is 0 Å². The average molecular weight is 199 g/mol. The molecule has 0 aromatic heterocycles. The molecular weight excluding hydrogens is 178 g/mol. The van der Waals surface area contributed by atoms with Crippen molar-refractivity contribution in [1.29, 1.82) is 0 Å². The van der Waals surface area contributed by atoms with Gasteiger partial charge in [0.2, 0.25) is 5.91 Å². The molecule has 4 heteroatoms. The molecule has 1 heterocycles. The highest BCUT2D eigenvalue weighted by atomic mass is 16.2. The minimum Gasteiger partial charge on any atom is -0.337 e. The SMILES string of the molecule is CC(N)C(=O)N1CCC[C@H]1CN(C)C. The van der Waals surface area contributed by atoms with Crippen molar-refractivity contribution in [3.63, 3.8) is 0 Å². The Kier molecular flexibility index (Phi) is 3.89. The lowest BCUT2D eigenvalue weighted by atomic mass is 10.2. The fraction of sp³-hybridized carbons (Fsp3) is 0.900. The summed E-state index contributed by atoms with van der Waals surface area (Å²) in [5, 5.41) is 0. The van der Waals surface area contributed by atoms with Gasteiger partial charge < -0.3 is 15.5 Å². The van der Waals surface area contributed by atoms with Crippen molar-refractivity contribution in [2.45, 2.75) is 31.8 Å². The van der Waals surface area contributed by atoms with Crippen LogP contribution in [0.5, 0.6) is 0 Å². The fourth-order valence-corrected chi connectivity index (χ4v) is 2.00. The van der Waals surface area contributed by atoms with Gasteiger partial charge in [-0.2, -0.15) is 0 Å². The molecule has 1 aliphatic heterocycles. The highest BCUT2D eigenvalue weighted by molar-refractivity contribution is 5.81. The second-order valence-electron chi connectivity index (χ2n) is 4.38. The molecule has 1 rings (SSSR count). The highest BCUT2D eigenvalue weighted by Gasteiger charge is 2.30. The van der Waals surface area contributed by atoms with Crippen molar-refractivity contribution >= 4 is 5.91 Å². The Morgan fingerprint density at radius 1 is 1.64 bits per heavy atom. The Balaban J connectivity index is 2.55. The van der Waals surface area contributed by atoms with E-state index in [4.69, 9.17) is 5.73 Å². The maximum atomic E-state index is 11.7. The van der Waals surface area contributed by atoms with Crippen LogP contribution < -0.4 is 5.73 Å². The topological polar surface area (TPSA) is 49.6 Å². The lowest BCUT2D eigenvalue weighted by molar-refractivity contribution is -0.133. The van der Waals surface area contributed by atoms with Crippen LogP contribution in [-0.4, -0.2) is 55.0 Å². The molecular formula is C10H21N3O. The third-order valence-corrected chi connectivity index (χ3v) is 2.63. The summed E-state index contributed by atoms with van der Waals surface area (Å²) < 4.78 is 0. The van der Waals surface area contributed by atoms with Crippen LogP contribution in [0.25, 0.3) is 0 Å². The van der Waals surface area contributed by atoms with Crippen molar-refractivity contribution < 1.29 is 4.79 Å². The molecule has 14 heavy (non-hydrogen) atoms. The molecule has 2 N–H and O–H groups in total. The zero-order valence-corrected chi connectivity index (χ0v) is 9.36. The van der Waals surface area contributed by atoms with Crippen molar-refractivity contribution in [2.75, 3.05) is 27.2 Å². The van der Waals surface area contributed by atoms with Gasteiger partial charge in [-0.1, -0.05) is 0 Å².